The van der Waals surface area contributed by atoms with E-state index in [1.165, 1.54) is 0 Å². The molecule has 3 nitrogen and oxygen atoms in total. The van der Waals surface area contributed by atoms with Gasteiger partial charge in [-0.1, -0.05) is 37.3 Å². The van der Waals surface area contributed by atoms with Crippen molar-refractivity contribution in [1.29, 1.82) is 0 Å². The molecule has 0 bridgehead atoms. The first kappa shape index (κ1) is 17.3. The quantitative estimate of drug-likeness (QED) is 0.697. The van der Waals surface area contributed by atoms with Crippen molar-refractivity contribution >= 4 is 11.4 Å². The lowest BCUT2D eigenvalue weighted by atomic mass is 9.88. The van der Waals surface area contributed by atoms with E-state index in [0.29, 0.717) is 17.9 Å². The Labute approximate surface area is 149 Å². The molecule has 25 heavy (non-hydrogen) atoms. The average Bonchev–Trinajstić information content (AvgIpc) is 2.58. The Kier molecular flexibility index (Phi) is 4.67. The zero-order valence-corrected chi connectivity index (χ0v) is 15.3. The van der Waals surface area contributed by atoms with Gasteiger partial charge in [0, 0.05) is 11.6 Å². The second kappa shape index (κ2) is 6.75. The smallest absolute Gasteiger partial charge is 0.163 e. The minimum atomic E-state index is -0.433. The predicted molar refractivity (Wildman–Crippen MR) is 100 cm³/mol. The summed E-state index contributed by atoms with van der Waals surface area (Å²) in [5.41, 5.74) is 3.28. The van der Waals surface area contributed by atoms with E-state index in [2.05, 4.69) is 18.2 Å². The lowest BCUT2D eigenvalue weighted by molar-refractivity contribution is 0.101. The second-order valence-electron chi connectivity index (χ2n) is 6.88. The number of ketones is 1. The van der Waals surface area contributed by atoms with Crippen molar-refractivity contribution in [2.75, 3.05) is 6.61 Å². The minimum absolute atomic E-state index is 0.00820. The van der Waals surface area contributed by atoms with Crippen LogP contribution in [-0.2, 0) is 0 Å². The Hall–Kier alpha value is -2.55. The van der Waals surface area contributed by atoms with Gasteiger partial charge in [0.1, 0.15) is 17.1 Å². The molecule has 0 amide bonds. The number of benzene rings is 2. The molecule has 1 heterocycles. The highest BCUT2D eigenvalue weighted by molar-refractivity contribution is 5.99. The van der Waals surface area contributed by atoms with Crippen molar-refractivity contribution < 1.29 is 14.3 Å². The van der Waals surface area contributed by atoms with Crippen LogP contribution in [0.3, 0.4) is 0 Å². The van der Waals surface area contributed by atoms with Gasteiger partial charge in [0.15, 0.2) is 5.78 Å². The number of fused-ring (bicyclic) bond motifs is 1. The molecule has 3 heteroatoms. The second-order valence-corrected chi connectivity index (χ2v) is 6.88. The van der Waals surface area contributed by atoms with Crippen molar-refractivity contribution in [2.45, 2.75) is 39.7 Å². The number of Topliss-reactive ketones (excluding diaryl/α,β-unsaturated/α-hetero) is 1. The maximum absolute atomic E-state index is 12.1. The van der Waals surface area contributed by atoms with Crippen LogP contribution >= 0.6 is 0 Å². The first-order valence-electron chi connectivity index (χ1n) is 8.71. The van der Waals surface area contributed by atoms with Gasteiger partial charge in [-0.25, -0.2) is 0 Å². The van der Waals surface area contributed by atoms with Crippen LogP contribution < -0.4 is 9.47 Å². The van der Waals surface area contributed by atoms with Gasteiger partial charge in [0.2, 0.25) is 0 Å². The van der Waals surface area contributed by atoms with E-state index in [-0.39, 0.29) is 5.78 Å². The highest BCUT2D eigenvalue weighted by Gasteiger charge is 2.29. The molecule has 2 aromatic rings. The molecule has 3 rings (SSSR count). The molecule has 0 radical (unpaired) electrons. The van der Waals surface area contributed by atoms with Crippen LogP contribution in [0.4, 0.5) is 0 Å². The van der Waals surface area contributed by atoms with Crippen LogP contribution in [0.15, 0.2) is 48.5 Å². The van der Waals surface area contributed by atoms with E-state index in [4.69, 9.17) is 9.47 Å². The lowest BCUT2D eigenvalue weighted by Crippen LogP contribution is -2.29. The van der Waals surface area contributed by atoms with E-state index in [1.54, 1.807) is 6.92 Å². The highest BCUT2D eigenvalue weighted by atomic mass is 16.5. The molecule has 0 atom stereocenters. The largest absolute Gasteiger partial charge is 0.493 e. The fourth-order valence-corrected chi connectivity index (χ4v) is 3.06. The van der Waals surface area contributed by atoms with E-state index < -0.39 is 5.60 Å². The van der Waals surface area contributed by atoms with E-state index in [0.717, 1.165) is 28.9 Å². The lowest BCUT2D eigenvalue weighted by Gasteiger charge is -2.32. The Morgan fingerprint density at radius 1 is 1.16 bits per heavy atom. The SMILES string of the molecule is CCCOc1cc2c(cc1C(C)=O)C(c1ccccc1)=CC(C)(C)O2. The Balaban J connectivity index is 2.18. The van der Waals surface area contributed by atoms with Crippen molar-refractivity contribution in [3.05, 3.63) is 65.2 Å². The predicted octanol–water partition coefficient (Wildman–Crippen LogP) is 5.28. The van der Waals surface area contributed by atoms with Crippen LogP contribution in [-0.4, -0.2) is 18.0 Å². The fourth-order valence-electron chi connectivity index (χ4n) is 3.06. The number of carbonyl (C=O) groups excluding carboxylic acids is 1. The first-order chi connectivity index (χ1) is 11.9. The average molecular weight is 336 g/mol. The van der Waals surface area contributed by atoms with E-state index in [9.17, 15) is 4.79 Å². The number of ether oxygens (including phenoxy) is 2. The fraction of sp³-hybridized carbons (Fsp3) is 0.318. The van der Waals surface area contributed by atoms with Gasteiger partial charge in [-0.2, -0.15) is 0 Å². The summed E-state index contributed by atoms with van der Waals surface area (Å²) in [7, 11) is 0. The van der Waals surface area contributed by atoms with Crippen LogP contribution in [0.5, 0.6) is 11.5 Å². The zero-order chi connectivity index (χ0) is 18.0. The molecule has 0 N–H and O–H groups in total. The van der Waals surface area contributed by atoms with Gasteiger partial charge >= 0.3 is 0 Å². The monoisotopic (exact) mass is 336 g/mol. The van der Waals surface area contributed by atoms with Crippen LogP contribution in [0, 0.1) is 0 Å². The normalized spacial score (nSPS) is 15.0. The molecule has 0 fully saturated rings. The summed E-state index contributed by atoms with van der Waals surface area (Å²) in [5, 5.41) is 0. The van der Waals surface area contributed by atoms with Gasteiger partial charge in [-0.15, -0.1) is 0 Å². The molecule has 130 valence electrons. The van der Waals surface area contributed by atoms with Gasteiger partial charge < -0.3 is 9.47 Å². The molecule has 1 aliphatic rings. The maximum atomic E-state index is 12.1. The number of rotatable bonds is 5. The summed E-state index contributed by atoms with van der Waals surface area (Å²) < 4.78 is 12.0. The van der Waals surface area contributed by atoms with Gasteiger partial charge in [0.05, 0.1) is 12.2 Å². The van der Waals surface area contributed by atoms with Crippen LogP contribution in [0.25, 0.3) is 5.57 Å². The molecule has 0 aromatic heterocycles. The van der Waals surface area contributed by atoms with Gasteiger partial charge in [-0.3, -0.25) is 4.79 Å². The standard InChI is InChI=1S/C22H24O3/c1-5-11-24-20-13-21-18(12-17(20)15(2)23)19(14-22(3,4)25-21)16-9-7-6-8-10-16/h6-10,12-14H,5,11H2,1-4H3. The number of hydrogen-bond acceptors (Lipinski definition) is 3. The third kappa shape index (κ3) is 3.60. The molecular formula is C22H24O3. The number of carbonyl (C=O) groups is 1. The molecular weight excluding hydrogens is 312 g/mol. The molecule has 0 aliphatic carbocycles. The number of hydrogen-bond donors (Lipinski definition) is 0. The van der Waals surface area contributed by atoms with Crippen LogP contribution in [0.2, 0.25) is 0 Å². The third-order valence-corrected chi connectivity index (χ3v) is 4.16. The summed E-state index contributed by atoms with van der Waals surface area (Å²) in [5.74, 6) is 1.34. The molecule has 0 spiro atoms. The van der Waals surface area contributed by atoms with Crippen molar-refractivity contribution in [1.82, 2.24) is 0 Å². The topological polar surface area (TPSA) is 35.5 Å². The highest BCUT2D eigenvalue weighted by Crippen LogP contribution is 2.42. The van der Waals surface area contributed by atoms with Crippen LogP contribution in [0.1, 0.15) is 55.6 Å². The Morgan fingerprint density at radius 3 is 2.52 bits per heavy atom. The maximum Gasteiger partial charge on any atom is 0.163 e. The molecule has 0 unspecified atom stereocenters. The molecule has 2 aromatic carbocycles. The molecule has 0 saturated carbocycles. The minimum Gasteiger partial charge on any atom is -0.493 e. The van der Waals surface area contributed by atoms with E-state index in [1.807, 2.05) is 51.1 Å². The van der Waals surface area contributed by atoms with Crippen molar-refractivity contribution in [2.24, 2.45) is 0 Å². The summed E-state index contributed by atoms with van der Waals surface area (Å²) in [4.78, 5) is 12.1. The summed E-state index contributed by atoms with van der Waals surface area (Å²) >= 11 is 0. The molecule has 0 saturated heterocycles. The van der Waals surface area contributed by atoms with Gasteiger partial charge in [0.25, 0.3) is 0 Å². The third-order valence-electron chi connectivity index (χ3n) is 4.16. The zero-order valence-electron chi connectivity index (χ0n) is 15.3. The summed E-state index contributed by atoms with van der Waals surface area (Å²) in [6.45, 7) is 8.25. The van der Waals surface area contributed by atoms with Gasteiger partial charge in [-0.05, 0) is 50.5 Å². The Bertz CT molecular complexity index is 817. The summed E-state index contributed by atoms with van der Waals surface area (Å²) in [6, 6.07) is 13.9. The Morgan fingerprint density at radius 2 is 1.88 bits per heavy atom. The van der Waals surface area contributed by atoms with E-state index >= 15 is 0 Å². The molecule has 1 aliphatic heterocycles. The first-order valence-corrected chi connectivity index (χ1v) is 8.71. The van der Waals surface area contributed by atoms with Crippen molar-refractivity contribution in [3.63, 3.8) is 0 Å². The van der Waals surface area contributed by atoms with Crippen molar-refractivity contribution in [3.8, 4) is 11.5 Å². The summed E-state index contributed by atoms with van der Waals surface area (Å²) in [6.07, 6.45) is 3.00.